The van der Waals surface area contributed by atoms with Gasteiger partial charge in [0.2, 0.25) is 0 Å². The van der Waals surface area contributed by atoms with Gasteiger partial charge in [0.15, 0.2) is 11.5 Å². The first-order valence-corrected chi connectivity index (χ1v) is 6.16. The van der Waals surface area contributed by atoms with Crippen LogP contribution in [-0.4, -0.2) is 20.8 Å². The molecule has 0 saturated carbocycles. The van der Waals surface area contributed by atoms with Gasteiger partial charge in [-0.15, -0.1) is 0 Å². The number of rotatable bonds is 3. The van der Waals surface area contributed by atoms with Crippen LogP contribution in [0, 0.1) is 0 Å². The number of methoxy groups -OCH3 is 2. The fraction of sp³-hybridized carbons (Fsp3) is 0.538. The van der Waals surface area contributed by atoms with E-state index in [9.17, 15) is 0 Å². The Morgan fingerprint density at radius 2 is 1.94 bits per heavy atom. The topological polar surface area (TPSA) is 30.5 Å². The summed E-state index contributed by atoms with van der Waals surface area (Å²) in [4.78, 5) is 0. The zero-order chi connectivity index (χ0) is 12.5. The Bertz CT molecular complexity index is 414. The van der Waals surface area contributed by atoms with Gasteiger partial charge in [-0.3, -0.25) is 0 Å². The van der Waals surface area contributed by atoms with E-state index in [0.29, 0.717) is 10.8 Å². The molecule has 94 valence electrons. The van der Waals surface area contributed by atoms with E-state index < -0.39 is 0 Å². The Kier molecular flexibility index (Phi) is 3.50. The summed E-state index contributed by atoms with van der Waals surface area (Å²) in [6, 6.07) is 3.88. The lowest BCUT2D eigenvalue weighted by Gasteiger charge is -2.28. The molecule has 0 radical (unpaired) electrons. The molecule has 1 unspecified atom stereocenters. The molecule has 17 heavy (non-hydrogen) atoms. The molecule has 1 saturated heterocycles. The second-order valence-corrected chi connectivity index (χ2v) is 4.93. The van der Waals surface area contributed by atoms with Gasteiger partial charge in [-0.1, -0.05) is 17.7 Å². The number of hydrogen-bond acceptors (Lipinski definition) is 3. The van der Waals surface area contributed by atoms with Crippen molar-refractivity contribution in [2.45, 2.75) is 25.3 Å². The van der Waals surface area contributed by atoms with Crippen LogP contribution < -0.4 is 14.8 Å². The lowest BCUT2D eigenvalue weighted by Crippen LogP contribution is -2.33. The summed E-state index contributed by atoms with van der Waals surface area (Å²) < 4.78 is 10.8. The van der Waals surface area contributed by atoms with Crippen molar-refractivity contribution in [3.05, 3.63) is 22.7 Å². The van der Waals surface area contributed by atoms with Crippen molar-refractivity contribution in [1.29, 1.82) is 0 Å². The van der Waals surface area contributed by atoms with Crippen molar-refractivity contribution >= 4 is 11.6 Å². The molecule has 1 atom stereocenters. The van der Waals surface area contributed by atoms with E-state index >= 15 is 0 Å². The molecule has 1 aromatic rings. The quantitative estimate of drug-likeness (QED) is 0.901. The Morgan fingerprint density at radius 1 is 1.24 bits per heavy atom. The van der Waals surface area contributed by atoms with Gasteiger partial charge >= 0.3 is 0 Å². The minimum Gasteiger partial charge on any atom is -0.492 e. The minimum atomic E-state index is -0.0524. The van der Waals surface area contributed by atoms with Crippen LogP contribution in [0.25, 0.3) is 0 Å². The highest BCUT2D eigenvalue weighted by Crippen LogP contribution is 2.44. The molecule has 0 spiro atoms. The third kappa shape index (κ3) is 2.09. The van der Waals surface area contributed by atoms with Gasteiger partial charge in [0.05, 0.1) is 19.2 Å². The van der Waals surface area contributed by atoms with Crippen molar-refractivity contribution in [3.8, 4) is 11.5 Å². The van der Waals surface area contributed by atoms with Crippen LogP contribution in [0.15, 0.2) is 12.1 Å². The van der Waals surface area contributed by atoms with Crippen LogP contribution in [0.3, 0.4) is 0 Å². The molecule has 1 aromatic carbocycles. The fourth-order valence-corrected chi connectivity index (χ4v) is 2.72. The van der Waals surface area contributed by atoms with E-state index in [1.165, 1.54) is 6.42 Å². The highest BCUT2D eigenvalue weighted by Gasteiger charge is 2.34. The van der Waals surface area contributed by atoms with Crippen LogP contribution in [-0.2, 0) is 5.54 Å². The third-order valence-corrected chi connectivity index (χ3v) is 3.73. The Labute approximate surface area is 107 Å². The molecule has 0 aliphatic carbocycles. The zero-order valence-electron chi connectivity index (χ0n) is 10.5. The summed E-state index contributed by atoms with van der Waals surface area (Å²) in [5, 5.41) is 4.09. The minimum absolute atomic E-state index is 0.0524. The van der Waals surface area contributed by atoms with Crippen molar-refractivity contribution < 1.29 is 9.47 Å². The van der Waals surface area contributed by atoms with Gasteiger partial charge in [0.1, 0.15) is 0 Å². The molecule has 1 aliphatic rings. The third-order valence-electron chi connectivity index (χ3n) is 3.44. The summed E-state index contributed by atoms with van der Waals surface area (Å²) in [6.45, 7) is 3.22. The molecule has 1 N–H and O–H groups in total. The van der Waals surface area contributed by atoms with Crippen LogP contribution in [0.4, 0.5) is 0 Å². The monoisotopic (exact) mass is 255 g/mol. The summed E-state index contributed by atoms with van der Waals surface area (Å²) >= 11 is 6.11. The van der Waals surface area contributed by atoms with Gasteiger partial charge in [-0.2, -0.15) is 0 Å². The van der Waals surface area contributed by atoms with Crippen molar-refractivity contribution in [2.24, 2.45) is 0 Å². The largest absolute Gasteiger partial charge is 0.492 e. The first kappa shape index (κ1) is 12.5. The van der Waals surface area contributed by atoms with Crippen LogP contribution in [0.2, 0.25) is 5.02 Å². The van der Waals surface area contributed by atoms with E-state index in [2.05, 4.69) is 12.2 Å². The van der Waals surface area contributed by atoms with E-state index in [0.717, 1.165) is 24.3 Å². The SMILES string of the molecule is COc1c(Cl)ccc(C2(C)CCCN2)c1OC. The summed E-state index contributed by atoms with van der Waals surface area (Å²) in [5.74, 6) is 1.35. The lowest BCUT2D eigenvalue weighted by atomic mass is 9.89. The smallest absolute Gasteiger partial charge is 0.179 e. The summed E-state index contributed by atoms with van der Waals surface area (Å²) in [7, 11) is 3.26. The van der Waals surface area contributed by atoms with E-state index in [1.54, 1.807) is 14.2 Å². The Balaban J connectivity index is 2.54. The number of nitrogens with one attached hydrogen (secondary N) is 1. The average Bonchev–Trinajstić information content (AvgIpc) is 2.76. The van der Waals surface area contributed by atoms with E-state index in [4.69, 9.17) is 21.1 Å². The number of benzene rings is 1. The van der Waals surface area contributed by atoms with Gasteiger partial charge in [-0.25, -0.2) is 0 Å². The first-order chi connectivity index (χ1) is 8.12. The Morgan fingerprint density at radius 3 is 2.47 bits per heavy atom. The molecule has 2 rings (SSSR count). The van der Waals surface area contributed by atoms with Crippen LogP contribution in [0.1, 0.15) is 25.3 Å². The molecule has 1 aliphatic heterocycles. The number of hydrogen-bond donors (Lipinski definition) is 1. The summed E-state index contributed by atoms with van der Waals surface area (Å²) in [6.07, 6.45) is 2.26. The maximum absolute atomic E-state index is 6.11. The molecule has 0 bridgehead atoms. The Hall–Kier alpha value is -0.930. The molecule has 0 aromatic heterocycles. The maximum atomic E-state index is 6.11. The highest BCUT2D eigenvalue weighted by molar-refractivity contribution is 6.32. The average molecular weight is 256 g/mol. The summed E-state index contributed by atoms with van der Waals surface area (Å²) in [5.41, 5.74) is 1.06. The van der Waals surface area contributed by atoms with E-state index in [-0.39, 0.29) is 5.54 Å². The molecule has 0 amide bonds. The predicted octanol–water partition coefficient (Wildman–Crippen LogP) is 2.96. The highest BCUT2D eigenvalue weighted by atomic mass is 35.5. The maximum Gasteiger partial charge on any atom is 0.179 e. The second-order valence-electron chi connectivity index (χ2n) is 4.52. The lowest BCUT2D eigenvalue weighted by molar-refractivity contribution is 0.334. The van der Waals surface area contributed by atoms with Gasteiger partial charge in [-0.05, 0) is 32.4 Å². The first-order valence-electron chi connectivity index (χ1n) is 5.78. The van der Waals surface area contributed by atoms with Crippen LogP contribution >= 0.6 is 11.6 Å². The predicted molar refractivity (Wildman–Crippen MR) is 69.1 cm³/mol. The molecular formula is C13H18ClNO2. The van der Waals surface area contributed by atoms with Crippen molar-refractivity contribution in [2.75, 3.05) is 20.8 Å². The van der Waals surface area contributed by atoms with Gasteiger partial charge in [0, 0.05) is 11.1 Å². The second kappa shape index (κ2) is 4.75. The van der Waals surface area contributed by atoms with Gasteiger partial charge < -0.3 is 14.8 Å². The molecule has 3 nitrogen and oxygen atoms in total. The normalized spacial score (nSPS) is 23.8. The molecule has 4 heteroatoms. The molecular weight excluding hydrogens is 238 g/mol. The van der Waals surface area contributed by atoms with Crippen LogP contribution in [0.5, 0.6) is 11.5 Å². The standard InChI is InChI=1S/C13H18ClNO2/c1-13(7-4-8-15-13)9-5-6-10(14)12(17-3)11(9)16-2/h5-6,15H,4,7-8H2,1-3H3. The molecule has 1 heterocycles. The van der Waals surface area contributed by atoms with Gasteiger partial charge in [0.25, 0.3) is 0 Å². The zero-order valence-corrected chi connectivity index (χ0v) is 11.2. The van der Waals surface area contributed by atoms with Crippen molar-refractivity contribution in [3.63, 3.8) is 0 Å². The molecule has 1 fully saturated rings. The van der Waals surface area contributed by atoms with E-state index in [1.807, 2.05) is 12.1 Å². The number of ether oxygens (including phenoxy) is 2. The van der Waals surface area contributed by atoms with Crippen molar-refractivity contribution in [1.82, 2.24) is 5.32 Å². The fourth-order valence-electron chi connectivity index (χ4n) is 2.49. The number of halogens is 1.